The summed E-state index contributed by atoms with van der Waals surface area (Å²) < 4.78 is 0. The Kier molecular flexibility index (Phi) is 10.2. The van der Waals surface area contributed by atoms with E-state index >= 15 is 0 Å². The first-order chi connectivity index (χ1) is 13.1. The maximum absolute atomic E-state index is 9.31. The Morgan fingerprint density at radius 2 is 2.15 bits per heavy atom. The first kappa shape index (κ1) is 22.2. The molecule has 0 amide bonds. The molecule has 5 nitrogen and oxygen atoms in total. The molecule has 1 unspecified atom stereocenters. The van der Waals surface area contributed by atoms with Gasteiger partial charge < -0.3 is 15.7 Å². The van der Waals surface area contributed by atoms with Gasteiger partial charge in [-0.25, -0.2) is 0 Å². The van der Waals surface area contributed by atoms with E-state index in [1.54, 1.807) is 11.3 Å². The Bertz CT molecular complexity index is 524. The molecule has 0 radical (unpaired) electrons. The Balaban J connectivity index is 1.80. The van der Waals surface area contributed by atoms with Crippen molar-refractivity contribution >= 4 is 17.3 Å². The smallest absolute Gasteiger partial charge is 0.191 e. The normalized spacial score (nSPS) is 18.0. The van der Waals surface area contributed by atoms with Crippen LogP contribution in [0.15, 0.2) is 21.8 Å². The van der Waals surface area contributed by atoms with Crippen molar-refractivity contribution in [2.24, 2.45) is 16.8 Å². The molecule has 3 N–H and O–H groups in total. The van der Waals surface area contributed by atoms with Gasteiger partial charge in [-0.2, -0.15) is 11.3 Å². The SMILES string of the molecule is CCNC(=NCC(CCO)CC(C)C)NC1CCN(Cc2ccsc2)CC1. The van der Waals surface area contributed by atoms with Crippen molar-refractivity contribution in [1.29, 1.82) is 0 Å². The minimum absolute atomic E-state index is 0.249. The highest BCUT2D eigenvalue weighted by atomic mass is 32.1. The summed E-state index contributed by atoms with van der Waals surface area (Å²) in [5.41, 5.74) is 1.43. The van der Waals surface area contributed by atoms with E-state index in [0.717, 1.165) is 64.4 Å². The number of hydrogen-bond acceptors (Lipinski definition) is 4. The largest absolute Gasteiger partial charge is 0.396 e. The second-order valence-corrected chi connectivity index (χ2v) is 8.83. The zero-order chi connectivity index (χ0) is 19.5. The first-order valence-electron chi connectivity index (χ1n) is 10.5. The van der Waals surface area contributed by atoms with Crippen molar-refractivity contribution in [1.82, 2.24) is 15.5 Å². The number of nitrogens with zero attached hydrogens (tertiary/aromatic N) is 2. The highest BCUT2D eigenvalue weighted by Crippen LogP contribution is 2.17. The number of piperidine rings is 1. The number of aliphatic imine (C=N–C) groups is 1. The fourth-order valence-corrected chi connectivity index (χ4v) is 4.40. The minimum atomic E-state index is 0.249. The number of aliphatic hydroxyl groups is 1. The minimum Gasteiger partial charge on any atom is -0.396 e. The van der Waals surface area contributed by atoms with Gasteiger partial charge in [0.15, 0.2) is 5.96 Å². The fourth-order valence-electron chi connectivity index (χ4n) is 3.74. The van der Waals surface area contributed by atoms with Crippen LogP contribution in [-0.2, 0) is 6.54 Å². The lowest BCUT2D eigenvalue weighted by atomic mass is 9.94. The molecule has 1 aliphatic rings. The van der Waals surface area contributed by atoms with Crippen LogP contribution in [0, 0.1) is 11.8 Å². The van der Waals surface area contributed by atoms with Crippen molar-refractivity contribution in [3.05, 3.63) is 22.4 Å². The monoisotopic (exact) mass is 394 g/mol. The number of guanidine groups is 1. The van der Waals surface area contributed by atoms with Gasteiger partial charge in [0.25, 0.3) is 0 Å². The van der Waals surface area contributed by atoms with Crippen LogP contribution in [0.4, 0.5) is 0 Å². The molecule has 1 aromatic rings. The summed E-state index contributed by atoms with van der Waals surface area (Å²) in [7, 11) is 0. The maximum atomic E-state index is 9.31. The van der Waals surface area contributed by atoms with E-state index in [1.165, 1.54) is 5.56 Å². The number of nitrogens with one attached hydrogen (secondary N) is 2. The van der Waals surface area contributed by atoms with Crippen LogP contribution in [0.5, 0.6) is 0 Å². The van der Waals surface area contributed by atoms with Gasteiger partial charge in [0.05, 0.1) is 0 Å². The van der Waals surface area contributed by atoms with Gasteiger partial charge >= 0.3 is 0 Å². The molecule has 0 bridgehead atoms. The van der Waals surface area contributed by atoms with E-state index in [2.05, 4.69) is 53.1 Å². The topological polar surface area (TPSA) is 59.9 Å². The summed E-state index contributed by atoms with van der Waals surface area (Å²) in [4.78, 5) is 7.38. The zero-order valence-corrected chi connectivity index (χ0v) is 18.1. The predicted molar refractivity (Wildman–Crippen MR) is 116 cm³/mol. The summed E-state index contributed by atoms with van der Waals surface area (Å²) in [6.07, 6.45) is 4.26. The van der Waals surface area contributed by atoms with Gasteiger partial charge in [-0.15, -0.1) is 0 Å². The molecule has 0 spiro atoms. The van der Waals surface area contributed by atoms with Crippen LogP contribution in [0.3, 0.4) is 0 Å². The molecule has 2 heterocycles. The Hall–Kier alpha value is -1.11. The van der Waals surface area contributed by atoms with E-state index < -0.39 is 0 Å². The summed E-state index contributed by atoms with van der Waals surface area (Å²) in [6.45, 7) is 11.8. The van der Waals surface area contributed by atoms with E-state index in [4.69, 9.17) is 4.99 Å². The third-order valence-electron chi connectivity index (χ3n) is 5.11. The van der Waals surface area contributed by atoms with Crippen LogP contribution < -0.4 is 10.6 Å². The average molecular weight is 395 g/mol. The fraction of sp³-hybridized carbons (Fsp3) is 0.762. The molecule has 1 fully saturated rings. The van der Waals surface area contributed by atoms with Crippen LogP contribution >= 0.6 is 11.3 Å². The second kappa shape index (κ2) is 12.4. The number of thiophene rings is 1. The molecule has 0 saturated carbocycles. The molecule has 2 rings (SSSR count). The molecule has 6 heteroatoms. The van der Waals surface area contributed by atoms with E-state index in [-0.39, 0.29) is 6.61 Å². The molecule has 1 atom stereocenters. The lowest BCUT2D eigenvalue weighted by Gasteiger charge is -2.33. The van der Waals surface area contributed by atoms with Gasteiger partial charge in [-0.3, -0.25) is 9.89 Å². The van der Waals surface area contributed by atoms with Crippen molar-refractivity contribution in [2.45, 2.75) is 59.0 Å². The summed E-state index contributed by atoms with van der Waals surface area (Å²) >= 11 is 1.78. The predicted octanol–water partition coefficient (Wildman–Crippen LogP) is 3.31. The van der Waals surface area contributed by atoms with Gasteiger partial charge in [0, 0.05) is 45.4 Å². The van der Waals surface area contributed by atoms with Crippen molar-refractivity contribution in [3.8, 4) is 0 Å². The van der Waals surface area contributed by atoms with Crippen LogP contribution in [0.25, 0.3) is 0 Å². The first-order valence-corrected chi connectivity index (χ1v) is 11.4. The second-order valence-electron chi connectivity index (χ2n) is 8.05. The van der Waals surface area contributed by atoms with Crippen molar-refractivity contribution < 1.29 is 5.11 Å². The maximum Gasteiger partial charge on any atom is 0.191 e. The standard InChI is InChI=1S/C21H38N4OS/c1-4-22-21(23-14-18(7-11-26)13-17(2)3)24-20-5-9-25(10-6-20)15-19-8-12-27-16-19/h8,12,16-18,20,26H,4-7,9-11,13-15H2,1-3H3,(H2,22,23,24). The number of hydrogen-bond donors (Lipinski definition) is 3. The Morgan fingerprint density at radius 1 is 1.37 bits per heavy atom. The number of aliphatic hydroxyl groups excluding tert-OH is 1. The average Bonchev–Trinajstić information content (AvgIpc) is 3.14. The molecule has 1 saturated heterocycles. The lowest BCUT2D eigenvalue weighted by Crippen LogP contribution is -2.48. The zero-order valence-electron chi connectivity index (χ0n) is 17.3. The summed E-state index contributed by atoms with van der Waals surface area (Å²) in [6, 6.07) is 2.72. The Labute approximate surface area is 169 Å². The van der Waals surface area contributed by atoms with Gasteiger partial charge in [-0.1, -0.05) is 13.8 Å². The van der Waals surface area contributed by atoms with E-state index in [0.29, 0.717) is 17.9 Å². The quantitative estimate of drug-likeness (QED) is 0.421. The van der Waals surface area contributed by atoms with Crippen molar-refractivity contribution in [3.63, 3.8) is 0 Å². The van der Waals surface area contributed by atoms with E-state index in [1.807, 2.05) is 0 Å². The molecule has 1 aliphatic heterocycles. The summed E-state index contributed by atoms with van der Waals surface area (Å²) in [5, 5.41) is 20.8. The number of rotatable bonds is 10. The Morgan fingerprint density at radius 3 is 2.74 bits per heavy atom. The van der Waals surface area contributed by atoms with E-state index in [9.17, 15) is 5.11 Å². The third kappa shape index (κ3) is 8.62. The number of likely N-dealkylation sites (tertiary alicyclic amines) is 1. The third-order valence-corrected chi connectivity index (χ3v) is 5.84. The summed E-state index contributed by atoms with van der Waals surface area (Å²) in [5.74, 6) is 2.03. The molecule has 27 heavy (non-hydrogen) atoms. The molecule has 0 aromatic carbocycles. The van der Waals surface area contributed by atoms with Crippen LogP contribution in [-0.4, -0.2) is 54.8 Å². The lowest BCUT2D eigenvalue weighted by molar-refractivity contribution is 0.198. The van der Waals surface area contributed by atoms with Gasteiger partial charge in [0.2, 0.25) is 0 Å². The van der Waals surface area contributed by atoms with Gasteiger partial charge in [0.1, 0.15) is 0 Å². The molecular formula is C21H38N4OS. The molecule has 154 valence electrons. The molecular weight excluding hydrogens is 356 g/mol. The van der Waals surface area contributed by atoms with Gasteiger partial charge in [-0.05, 0) is 66.8 Å². The molecule has 0 aliphatic carbocycles. The highest BCUT2D eigenvalue weighted by Gasteiger charge is 2.20. The molecule has 1 aromatic heterocycles. The van der Waals surface area contributed by atoms with Crippen molar-refractivity contribution in [2.75, 3.05) is 32.8 Å². The van der Waals surface area contributed by atoms with Crippen LogP contribution in [0.1, 0.15) is 52.0 Å². The highest BCUT2D eigenvalue weighted by molar-refractivity contribution is 7.07. The van der Waals surface area contributed by atoms with Crippen LogP contribution in [0.2, 0.25) is 0 Å².